The van der Waals surface area contributed by atoms with Gasteiger partial charge in [0.2, 0.25) is 10.0 Å². The van der Waals surface area contributed by atoms with Crippen LogP contribution < -0.4 is 10.2 Å². The number of carbonyl (C=O) groups is 1. The quantitative estimate of drug-likeness (QED) is 0.732. The molecule has 156 valence electrons. The van der Waals surface area contributed by atoms with Crippen molar-refractivity contribution in [2.24, 2.45) is 5.92 Å². The number of nitrogens with zero attached hydrogens (tertiary/aromatic N) is 1. The molecule has 0 spiro atoms. The Labute approximate surface area is 169 Å². The first-order valence-electron chi connectivity index (χ1n) is 10.5. The molecule has 2 fully saturated rings. The Morgan fingerprint density at radius 2 is 1.82 bits per heavy atom. The van der Waals surface area contributed by atoms with Crippen LogP contribution in [0.4, 0.5) is 0 Å². The summed E-state index contributed by atoms with van der Waals surface area (Å²) in [6.07, 6.45) is 4.70. The third-order valence-electron chi connectivity index (χ3n) is 6.39. The maximum Gasteiger partial charge on any atom is 0.278 e. The molecule has 0 bridgehead atoms. The van der Waals surface area contributed by atoms with Gasteiger partial charge < -0.3 is 10.2 Å². The average Bonchev–Trinajstić information content (AvgIpc) is 2.69. The number of rotatable bonds is 6. The summed E-state index contributed by atoms with van der Waals surface area (Å²) in [7, 11) is -3.32. The van der Waals surface area contributed by atoms with E-state index in [1.165, 1.54) is 24.2 Å². The number of nitrogens with one attached hydrogen (secondary N) is 2. The molecule has 1 heterocycles. The van der Waals surface area contributed by atoms with Crippen molar-refractivity contribution in [3.63, 3.8) is 0 Å². The molecule has 2 aliphatic rings. The van der Waals surface area contributed by atoms with Gasteiger partial charge in [-0.15, -0.1) is 0 Å². The van der Waals surface area contributed by atoms with Gasteiger partial charge in [0, 0.05) is 6.04 Å². The Morgan fingerprint density at radius 3 is 2.46 bits per heavy atom. The minimum Gasteiger partial charge on any atom is -0.348 e. The Morgan fingerprint density at radius 1 is 1.18 bits per heavy atom. The predicted molar refractivity (Wildman–Crippen MR) is 110 cm³/mol. The van der Waals surface area contributed by atoms with Gasteiger partial charge in [-0.3, -0.25) is 4.79 Å². The molecule has 1 aromatic rings. The Bertz CT molecular complexity index is 745. The van der Waals surface area contributed by atoms with E-state index in [0.717, 1.165) is 12.0 Å². The largest absolute Gasteiger partial charge is 0.348 e. The van der Waals surface area contributed by atoms with E-state index < -0.39 is 10.0 Å². The SMILES string of the molecule is C[C@H](C(=O)N[C@@H]1CCCC[C@@H]1C)[NH+]1CCN(S(=O)(=O)Cc2ccccc2)CC1. The second-order valence-electron chi connectivity index (χ2n) is 8.40. The minimum absolute atomic E-state index is 0.0405. The van der Waals surface area contributed by atoms with Gasteiger partial charge in [0.05, 0.1) is 31.9 Å². The summed E-state index contributed by atoms with van der Waals surface area (Å²) in [5, 5.41) is 3.25. The number of benzene rings is 1. The fourth-order valence-electron chi connectivity index (χ4n) is 4.38. The molecule has 0 aromatic heterocycles. The fourth-order valence-corrected chi connectivity index (χ4v) is 5.92. The first-order chi connectivity index (χ1) is 13.4. The Kier molecular flexibility index (Phi) is 7.12. The van der Waals surface area contributed by atoms with Gasteiger partial charge in [0.1, 0.15) is 0 Å². The molecule has 3 atom stereocenters. The van der Waals surface area contributed by atoms with Crippen LogP contribution >= 0.6 is 0 Å². The van der Waals surface area contributed by atoms with E-state index in [-0.39, 0.29) is 23.7 Å². The molecular weight excluding hydrogens is 374 g/mol. The molecule has 2 N–H and O–H groups in total. The summed E-state index contributed by atoms with van der Waals surface area (Å²) in [4.78, 5) is 13.9. The van der Waals surface area contributed by atoms with E-state index in [9.17, 15) is 13.2 Å². The molecule has 1 saturated carbocycles. The number of carbonyl (C=O) groups excluding carboxylic acids is 1. The van der Waals surface area contributed by atoms with Crippen LogP contribution in [0.1, 0.15) is 45.1 Å². The van der Waals surface area contributed by atoms with Crippen molar-refractivity contribution in [3.8, 4) is 0 Å². The molecule has 1 aliphatic carbocycles. The van der Waals surface area contributed by atoms with Crippen molar-refractivity contribution < 1.29 is 18.1 Å². The lowest BCUT2D eigenvalue weighted by atomic mass is 9.86. The van der Waals surface area contributed by atoms with Crippen molar-refractivity contribution >= 4 is 15.9 Å². The number of amides is 1. The molecule has 1 aromatic carbocycles. The Balaban J connectivity index is 1.50. The van der Waals surface area contributed by atoms with Gasteiger partial charge >= 0.3 is 0 Å². The number of hydrogen-bond donors (Lipinski definition) is 2. The first-order valence-corrected chi connectivity index (χ1v) is 12.1. The van der Waals surface area contributed by atoms with Crippen molar-refractivity contribution in [1.82, 2.24) is 9.62 Å². The van der Waals surface area contributed by atoms with Gasteiger partial charge in [-0.2, -0.15) is 4.31 Å². The van der Waals surface area contributed by atoms with Crippen molar-refractivity contribution in [3.05, 3.63) is 35.9 Å². The van der Waals surface area contributed by atoms with Gasteiger partial charge in [0.25, 0.3) is 5.91 Å². The molecule has 3 rings (SSSR count). The molecule has 28 heavy (non-hydrogen) atoms. The van der Waals surface area contributed by atoms with Gasteiger partial charge in [0.15, 0.2) is 6.04 Å². The van der Waals surface area contributed by atoms with E-state index in [2.05, 4.69) is 12.2 Å². The first kappa shape index (κ1) is 21.3. The van der Waals surface area contributed by atoms with Gasteiger partial charge in [-0.05, 0) is 31.2 Å². The van der Waals surface area contributed by atoms with Crippen LogP contribution in [0.5, 0.6) is 0 Å². The smallest absolute Gasteiger partial charge is 0.278 e. The number of hydrogen-bond acceptors (Lipinski definition) is 3. The lowest BCUT2D eigenvalue weighted by Gasteiger charge is -2.35. The van der Waals surface area contributed by atoms with E-state index >= 15 is 0 Å². The van der Waals surface area contributed by atoms with E-state index in [1.54, 1.807) is 4.31 Å². The molecule has 0 radical (unpaired) electrons. The summed E-state index contributed by atoms with van der Waals surface area (Å²) >= 11 is 0. The molecule has 1 saturated heterocycles. The van der Waals surface area contributed by atoms with Gasteiger partial charge in [-0.1, -0.05) is 50.1 Å². The standard InChI is InChI=1S/C21H33N3O3S/c1-17-8-6-7-11-20(17)22-21(25)18(2)23-12-14-24(15-13-23)28(26,27)16-19-9-4-3-5-10-19/h3-5,9-10,17-18,20H,6-8,11-16H2,1-2H3,(H,22,25)/p+1/t17-,18+,20+/m0/s1. The van der Waals surface area contributed by atoms with Crippen LogP contribution in [0.2, 0.25) is 0 Å². The molecule has 0 unspecified atom stereocenters. The second-order valence-corrected chi connectivity index (χ2v) is 10.4. The zero-order valence-electron chi connectivity index (χ0n) is 17.1. The highest BCUT2D eigenvalue weighted by molar-refractivity contribution is 7.88. The molecule has 1 amide bonds. The third kappa shape index (κ3) is 5.33. The second kappa shape index (κ2) is 9.37. The average molecular weight is 409 g/mol. The summed E-state index contributed by atoms with van der Waals surface area (Å²) < 4.78 is 27.0. The van der Waals surface area contributed by atoms with Crippen molar-refractivity contribution in [1.29, 1.82) is 0 Å². The highest BCUT2D eigenvalue weighted by atomic mass is 32.2. The van der Waals surface area contributed by atoms with Crippen molar-refractivity contribution in [2.75, 3.05) is 26.2 Å². The van der Waals surface area contributed by atoms with E-state index in [4.69, 9.17) is 0 Å². The molecule has 6 nitrogen and oxygen atoms in total. The number of sulfonamides is 1. The molecule has 1 aliphatic heterocycles. The van der Waals surface area contributed by atoms with Gasteiger partial charge in [-0.25, -0.2) is 8.42 Å². The third-order valence-corrected chi connectivity index (χ3v) is 8.24. The minimum atomic E-state index is -3.32. The summed E-state index contributed by atoms with van der Waals surface area (Å²) in [6, 6.07) is 9.44. The maximum atomic E-state index is 12.7. The molecule has 7 heteroatoms. The Hall–Kier alpha value is -1.44. The maximum absolute atomic E-state index is 12.7. The fraction of sp³-hybridized carbons (Fsp3) is 0.667. The predicted octanol–water partition coefficient (Wildman–Crippen LogP) is 0.800. The topological polar surface area (TPSA) is 70.9 Å². The highest BCUT2D eigenvalue weighted by Crippen LogP contribution is 2.23. The molecular formula is C21H34N3O3S+. The zero-order valence-corrected chi connectivity index (χ0v) is 17.9. The van der Waals surface area contributed by atoms with Crippen LogP contribution in [0.25, 0.3) is 0 Å². The zero-order chi connectivity index (χ0) is 20.1. The summed E-state index contributed by atoms with van der Waals surface area (Å²) in [5.41, 5.74) is 0.812. The summed E-state index contributed by atoms with van der Waals surface area (Å²) in [6.45, 7) is 6.47. The number of quaternary nitrogens is 1. The van der Waals surface area contributed by atoms with Crippen LogP contribution in [-0.2, 0) is 20.6 Å². The van der Waals surface area contributed by atoms with Crippen molar-refractivity contribution in [2.45, 2.75) is 57.4 Å². The normalized spacial score (nSPS) is 25.9. The monoisotopic (exact) mass is 408 g/mol. The summed E-state index contributed by atoms with van der Waals surface area (Å²) in [5.74, 6) is 0.688. The van der Waals surface area contributed by atoms with E-state index in [1.807, 2.05) is 37.3 Å². The van der Waals surface area contributed by atoms with Crippen LogP contribution in [0.3, 0.4) is 0 Å². The highest BCUT2D eigenvalue weighted by Gasteiger charge is 2.35. The number of piperazine rings is 1. The lowest BCUT2D eigenvalue weighted by Crippen LogP contribution is -3.19. The van der Waals surface area contributed by atoms with Crippen LogP contribution in [0, 0.1) is 5.92 Å². The van der Waals surface area contributed by atoms with Crippen LogP contribution in [-0.4, -0.2) is 56.9 Å². The lowest BCUT2D eigenvalue weighted by molar-refractivity contribution is -0.917. The van der Waals surface area contributed by atoms with E-state index in [0.29, 0.717) is 32.1 Å². The van der Waals surface area contributed by atoms with Crippen LogP contribution in [0.15, 0.2) is 30.3 Å².